The van der Waals surface area contributed by atoms with Gasteiger partial charge in [0, 0.05) is 11.1 Å². The third kappa shape index (κ3) is 3.42. The van der Waals surface area contributed by atoms with Gasteiger partial charge < -0.3 is 4.74 Å². The molecule has 0 saturated heterocycles. The Morgan fingerprint density at radius 3 is 2.17 bits per heavy atom. The lowest BCUT2D eigenvalue weighted by atomic mass is 9.94. The second kappa shape index (κ2) is 5.88. The van der Waals surface area contributed by atoms with Crippen LogP contribution in [0.5, 0.6) is 0 Å². The number of hydrogen-bond donors (Lipinski definition) is 0. The topological polar surface area (TPSA) is 26.3 Å². The highest BCUT2D eigenvalue weighted by Crippen LogP contribution is 2.34. The molecule has 116 valence electrons. The SMILES string of the molecule is CC(=O)c1ccc(C2=CC(c3ccccc3)=CC(C)(C)O2)cc1. The van der Waals surface area contributed by atoms with Crippen molar-refractivity contribution in [1.82, 2.24) is 0 Å². The maximum atomic E-state index is 11.4. The van der Waals surface area contributed by atoms with E-state index in [2.05, 4.69) is 24.3 Å². The first-order chi connectivity index (χ1) is 10.9. The van der Waals surface area contributed by atoms with Crippen LogP contribution in [0.4, 0.5) is 0 Å². The maximum absolute atomic E-state index is 11.4. The summed E-state index contributed by atoms with van der Waals surface area (Å²) in [4.78, 5) is 11.4. The molecule has 0 bridgehead atoms. The highest BCUT2D eigenvalue weighted by molar-refractivity contribution is 5.94. The smallest absolute Gasteiger partial charge is 0.159 e. The molecule has 0 unspecified atom stereocenters. The van der Waals surface area contributed by atoms with Crippen molar-refractivity contribution in [2.45, 2.75) is 26.4 Å². The predicted molar refractivity (Wildman–Crippen MR) is 94.0 cm³/mol. The Morgan fingerprint density at radius 1 is 0.913 bits per heavy atom. The lowest BCUT2D eigenvalue weighted by molar-refractivity contribution is 0.101. The highest BCUT2D eigenvalue weighted by Gasteiger charge is 2.24. The molecule has 0 radical (unpaired) electrons. The van der Waals surface area contributed by atoms with E-state index in [9.17, 15) is 4.79 Å². The molecule has 2 aromatic rings. The first kappa shape index (κ1) is 15.3. The van der Waals surface area contributed by atoms with Crippen LogP contribution in [0.3, 0.4) is 0 Å². The molecule has 0 aromatic heterocycles. The number of rotatable bonds is 3. The number of carbonyl (C=O) groups is 1. The first-order valence-electron chi connectivity index (χ1n) is 7.75. The Hall–Kier alpha value is -2.61. The maximum Gasteiger partial charge on any atom is 0.159 e. The van der Waals surface area contributed by atoms with Crippen LogP contribution in [0, 0.1) is 0 Å². The van der Waals surface area contributed by atoms with E-state index in [1.54, 1.807) is 6.92 Å². The number of ether oxygens (including phenoxy) is 1. The van der Waals surface area contributed by atoms with Crippen molar-refractivity contribution in [1.29, 1.82) is 0 Å². The highest BCUT2D eigenvalue weighted by atomic mass is 16.5. The van der Waals surface area contributed by atoms with Crippen molar-refractivity contribution in [3.8, 4) is 0 Å². The van der Waals surface area contributed by atoms with Crippen LogP contribution in [0.15, 0.2) is 66.7 Å². The summed E-state index contributed by atoms with van der Waals surface area (Å²) in [5.41, 5.74) is 3.62. The predicted octanol–water partition coefficient (Wildman–Crippen LogP) is 5.12. The fourth-order valence-electron chi connectivity index (χ4n) is 2.71. The molecule has 1 aliphatic rings. The Balaban J connectivity index is 2.00. The van der Waals surface area contributed by atoms with E-state index in [1.807, 2.05) is 56.3 Å². The summed E-state index contributed by atoms with van der Waals surface area (Å²) in [7, 11) is 0. The van der Waals surface area contributed by atoms with Gasteiger partial charge in [0.1, 0.15) is 11.4 Å². The van der Waals surface area contributed by atoms with Crippen LogP contribution < -0.4 is 0 Å². The Bertz CT molecular complexity index is 778. The molecular weight excluding hydrogens is 284 g/mol. The molecule has 0 atom stereocenters. The zero-order valence-electron chi connectivity index (χ0n) is 13.7. The molecule has 0 saturated carbocycles. The molecule has 1 aliphatic heterocycles. The fraction of sp³-hybridized carbons (Fsp3) is 0.190. The fourth-order valence-corrected chi connectivity index (χ4v) is 2.71. The van der Waals surface area contributed by atoms with Crippen molar-refractivity contribution in [2.24, 2.45) is 0 Å². The minimum atomic E-state index is -0.380. The zero-order chi connectivity index (χ0) is 16.4. The van der Waals surface area contributed by atoms with Gasteiger partial charge in [0.05, 0.1) is 0 Å². The number of allylic oxidation sites excluding steroid dienone is 2. The Morgan fingerprint density at radius 2 is 1.57 bits per heavy atom. The monoisotopic (exact) mass is 304 g/mol. The van der Waals surface area contributed by atoms with Crippen LogP contribution in [0.25, 0.3) is 11.3 Å². The summed E-state index contributed by atoms with van der Waals surface area (Å²) in [6.07, 6.45) is 4.19. The second-order valence-electron chi connectivity index (χ2n) is 6.31. The average Bonchev–Trinajstić information content (AvgIpc) is 2.54. The van der Waals surface area contributed by atoms with E-state index < -0.39 is 0 Å². The van der Waals surface area contributed by atoms with Crippen molar-refractivity contribution < 1.29 is 9.53 Å². The lowest BCUT2D eigenvalue weighted by Gasteiger charge is -2.30. The van der Waals surface area contributed by atoms with Gasteiger partial charge in [-0.25, -0.2) is 0 Å². The van der Waals surface area contributed by atoms with Crippen LogP contribution >= 0.6 is 0 Å². The van der Waals surface area contributed by atoms with Gasteiger partial charge in [-0.3, -0.25) is 4.79 Å². The van der Waals surface area contributed by atoms with Gasteiger partial charge in [0.15, 0.2) is 5.78 Å². The van der Waals surface area contributed by atoms with E-state index in [1.165, 1.54) is 5.56 Å². The molecule has 0 fully saturated rings. The number of hydrogen-bond acceptors (Lipinski definition) is 2. The summed E-state index contributed by atoms with van der Waals surface area (Å²) in [6, 6.07) is 17.8. The van der Waals surface area contributed by atoms with E-state index >= 15 is 0 Å². The van der Waals surface area contributed by atoms with Gasteiger partial charge in [-0.2, -0.15) is 0 Å². The minimum Gasteiger partial charge on any atom is -0.483 e. The number of benzene rings is 2. The van der Waals surface area contributed by atoms with Gasteiger partial charge >= 0.3 is 0 Å². The van der Waals surface area contributed by atoms with Crippen LogP contribution in [0.2, 0.25) is 0 Å². The first-order valence-corrected chi connectivity index (χ1v) is 7.75. The van der Waals surface area contributed by atoms with Gasteiger partial charge in [0.2, 0.25) is 0 Å². The normalized spacial score (nSPS) is 16.1. The minimum absolute atomic E-state index is 0.0697. The largest absolute Gasteiger partial charge is 0.483 e. The van der Waals surface area contributed by atoms with Crippen molar-refractivity contribution >= 4 is 17.1 Å². The quantitative estimate of drug-likeness (QED) is 0.735. The molecule has 23 heavy (non-hydrogen) atoms. The standard InChI is InChI=1S/C21H20O2/c1-15(22)16-9-11-18(12-10-16)20-13-19(14-21(2,3)23-20)17-7-5-4-6-8-17/h4-14H,1-3H3. The van der Waals surface area contributed by atoms with Crippen LogP contribution in [-0.4, -0.2) is 11.4 Å². The zero-order valence-corrected chi connectivity index (χ0v) is 13.7. The van der Waals surface area contributed by atoms with Gasteiger partial charge in [-0.05, 0) is 44.1 Å². The van der Waals surface area contributed by atoms with Crippen molar-refractivity contribution in [3.63, 3.8) is 0 Å². The van der Waals surface area contributed by atoms with E-state index in [4.69, 9.17) is 4.74 Å². The van der Waals surface area contributed by atoms with Gasteiger partial charge in [-0.15, -0.1) is 0 Å². The average molecular weight is 304 g/mol. The summed E-state index contributed by atoms with van der Waals surface area (Å²) < 4.78 is 6.11. The molecule has 2 aromatic carbocycles. The molecule has 0 amide bonds. The van der Waals surface area contributed by atoms with Gasteiger partial charge in [-0.1, -0.05) is 54.6 Å². The summed E-state index contributed by atoms with van der Waals surface area (Å²) in [5, 5.41) is 0. The molecule has 2 heteroatoms. The van der Waals surface area contributed by atoms with Crippen LogP contribution in [0.1, 0.15) is 42.3 Å². The van der Waals surface area contributed by atoms with E-state index in [0.29, 0.717) is 5.56 Å². The number of Topliss-reactive ketones (excluding diaryl/α,β-unsaturated/α-hetero) is 1. The molecule has 2 nitrogen and oxygen atoms in total. The number of carbonyl (C=O) groups excluding carboxylic acids is 1. The van der Waals surface area contributed by atoms with Gasteiger partial charge in [0.25, 0.3) is 0 Å². The summed E-state index contributed by atoms with van der Waals surface area (Å²) in [6.45, 7) is 5.67. The molecule has 3 rings (SSSR count). The number of ketones is 1. The lowest BCUT2D eigenvalue weighted by Crippen LogP contribution is -2.23. The van der Waals surface area contributed by atoms with Crippen LogP contribution in [-0.2, 0) is 4.74 Å². The van der Waals surface area contributed by atoms with E-state index in [-0.39, 0.29) is 11.4 Å². The van der Waals surface area contributed by atoms with Crippen molar-refractivity contribution in [2.75, 3.05) is 0 Å². The molecule has 1 heterocycles. The second-order valence-corrected chi connectivity index (χ2v) is 6.31. The summed E-state index contributed by atoms with van der Waals surface area (Å²) >= 11 is 0. The Labute approximate surface area is 137 Å². The van der Waals surface area contributed by atoms with E-state index in [0.717, 1.165) is 16.9 Å². The third-order valence-electron chi connectivity index (χ3n) is 3.85. The van der Waals surface area contributed by atoms with Crippen molar-refractivity contribution in [3.05, 3.63) is 83.4 Å². The summed E-state index contributed by atoms with van der Waals surface area (Å²) in [5.74, 6) is 0.895. The Kier molecular flexibility index (Phi) is 3.91. The third-order valence-corrected chi connectivity index (χ3v) is 3.85. The molecule has 0 aliphatic carbocycles. The molecular formula is C21H20O2. The molecule has 0 N–H and O–H groups in total. The molecule has 0 spiro atoms.